The van der Waals surface area contributed by atoms with Crippen LogP contribution in [0.15, 0.2) is 36.4 Å². The van der Waals surface area contributed by atoms with Gasteiger partial charge in [0.05, 0.1) is 5.69 Å². The molecule has 0 radical (unpaired) electrons. The molecular weight excluding hydrogens is 348 g/mol. The van der Waals surface area contributed by atoms with Gasteiger partial charge in [-0.05, 0) is 48.6 Å². The van der Waals surface area contributed by atoms with Gasteiger partial charge in [-0.25, -0.2) is 0 Å². The second-order valence-corrected chi connectivity index (χ2v) is 6.60. The molecule has 0 atom stereocenters. The van der Waals surface area contributed by atoms with Crippen molar-refractivity contribution in [3.8, 4) is 0 Å². The molecule has 138 valence electrons. The maximum absolute atomic E-state index is 12.6. The molecule has 0 aromatic heterocycles. The van der Waals surface area contributed by atoms with Gasteiger partial charge in [-0.15, -0.1) is 0 Å². The lowest BCUT2D eigenvalue weighted by Gasteiger charge is -2.26. The lowest BCUT2D eigenvalue weighted by Crippen LogP contribution is -2.38. The standard InChI is InChI=1S/C21H25ClN2O2/c1-5-16-9-7-10-17(6-2)21(16)24(15(4)25)13-20(26)23-19-12-8-11-18(22)14(19)3/h7-12H,5-6,13H2,1-4H3,(H,23,26). The molecule has 0 fully saturated rings. The zero-order chi connectivity index (χ0) is 19.3. The van der Waals surface area contributed by atoms with E-state index >= 15 is 0 Å². The van der Waals surface area contributed by atoms with E-state index in [1.807, 2.05) is 39.0 Å². The van der Waals surface area contributed by atoms with Crippen LogP contribution in [0.5, 0.6) is 0 Å². The highest BCUT2D eigenvalue weighted by Gasteiger charge is 2.21. The van der Waals surface area contributed by atoms with Crippen LogP contribution in [-0.2, 0) is 22.4 Å². The third kappa shape index (κ3) is 4.44. The van der Waals surface area contributed by atoms with Crippen LogP contribution in [0.1, 0.15) is 37.5 Å². The topological polar surface area (TPSA) is 49.4 Å². The summed E-state index contributed by atoms with van der Waals surface area (Å²) in [4.78, 5) is 26.5. The van der Waals surface area contributed by atoms with E-state index < -0.39 is 0 Å². The molecule has 0 spiro atoms. The molecular formula is C21H25ClN2O2. The first-order valence-electron chi connectivity index (χ1n) is 8.82. The second-order valence-electron chi connectivity index (χ2n) is 6.20. The molecule has 1 N–H and O–H groups in total. The molecule has 26 heavy (non-hydrogen) atoms. The summed E-state index contributed by atoms with van der Waals surface area (Å²) < 4.78 is 0. The average molecular weight is 373 g/mol. The Kier molecular flexibility index (Phi) is 6.81. The van der Waals surface area contributed by atoms with Gasteiger partial charge in [0.15, 0.2) is 0 Å². The number of halogens is 1. The highest BCUT2D eigenvalue weighted by Crippen LogP contribution is 2.28. The number of para-hydroxylation sites is 1. The highest BCUT2D eigenvalue weighted by molar-refractivity contribution is 6.31. The number of benzene rings is 2. The predicted octanol–water partition coefficient (Wildman–Crippen LogP) is 4.76. The SMILES string of the molecule is CCc1cccc(CC)c1N(CC(=O)Nc1cccc(Cl)c1C)C(C)=O. The van der Waals surface area contributed by atoms with Crippen molar-refractivity contribution in [1.29, 1.82) is 0 Å². The summed E-state index contributed by atoms with van der Waals surface area (Å²) in [5, 5.41) is 3.46. The van der Waals surface area contributed by atoms with Gasteiger partial charge in [-0.1, -0.05) is 49.7 Å². The number of amides is 2. The summed E-state index contributed by atoms with van der Waals surface area (Å²) in [6.45, 7) is 7.40. The molecule has 0 aliphatic rings. The molecule has 2 aromatic carbocycles. The van der Waals surface area contributed by atoms with Crippen LogP contribution in [-0.4, -0.2) is 18.4 Å². The first-order chi connectivity index (χ1) is 12.4. The van der Waals surface area contributed by atoms with E-state index in [0.29, 0.717) is 10.7 Å². The number of carbonyl (C=O) groups excluding carboxylic acids is 2. The molecule has 2 amide bonds. The molecule has 0 heterocycles. The number of aryl methyl sites for hydroxylation is 2. The first-order valence-corrected chi connectivity index (χ1v) is 9.20. The number of hydrogen-bond donors (Lipinski definition) is 1. The van der Waals surface area contributed by atoms with Crippen molar-refractivity contribution in [1.82, 2.24) is 0 Å². The van der Waals surface area contributed by atoms with Crippen LogP contribution in [0.25, 0.3) is 0 Å². The molecule has 0 bridgehead atoms. The Morgan fingerprint density at radius 1 is 1.04 bits per heavy atom. The summed E-state index contributed by atoms with van der Waals surface area (Å²) in [7, 11) is 0. The van der Waals surface area contributed by atoms with Gasteiger partial charge < -0.3 is 10.2 Å². The minimum absolute atomic E-state index is 0.0364. The minimum atomic E-state index is -0.251. The zero-order valence-electron chi connectivity index (χ0n) is 15.7. The number of rotatable bonds is 6. The maximum Gasteiger partial charge on any atom is 0.244 e. The van der Waals surface area contributed by atoms with E-state index in [1.54, 1.807) is 23.1 Å². The summed E-state index contributed by atoms with van der Waals surface area (Å²) in [6, 6.07) is 11.4. The van der Waals surface area contributed by atoms with Crippen molar-refractivity contribution in [2.24, 2.45) is 0 Å². The Morgan fingerprint density at radius 3 is 2.15 bits per heavy atom. The van der Waals surface area contributed by atoms with Gasteiger partial charge in [0, 0.05) is 17.6 Å². The largest absolute Gasteiger partial charge is 0.324 e. The summed E-state index contributed by atoms with van der Waals surface area (Å²) >= 11 is 6.11. The number of anilines is 2. The van der Waals surface area contributed by atoms with Gasteiger partial charge in [0.2, 0.25) is 11.8 Å². The Balaban J connectivity index is 2.31. The van der Waals surface area contributed by atoms with Gasteiger partial charge in [-0.2, -0.15) is 0 Å². The highest BCUT2D eigenvalue weighted by atomic mass is 35.5. The van der Waals surface area contributed by atoms with Crippen LogP contribution in [0, 0.1) is 6.92 Å². The van der Waals surface area contributed by atoms with Crippen molar-refractivity contribution in [2.75, 3.05) is 16.8 Å². The molecule has 0 aliphatic heterocycles. The van der Waals surface area contributed by atoms with E-state index in [0.717, 1.165) is 35.2 Å². The van der Waals surface area contributed by atoms with Crippen LogP contribution < -0.4 is 10.2 Å². The number of nitrogens with one attached hydrogen (secondary N) is 1. The van der Waals surface area contributed by atoms with E-state index in [-0.39, 0.29) is 18.4 Å². The lowest BCUT2D eigenvalue weighted by atomic mass is 10.0. The third-order valence-corrected chi connectivity index (χ3v) is 4.87. The van der Waals surface area contributed by atoms with Crippen molar-refractivity contribution in [2.45, 2.75) is 40.5 Å². The molecule has 0 saturated carbocycles. The van der Waals surface area contributed by atoms with Crippen molar-refractivity contribution in [3.63, 3.8) is 0 Å². The van der Waals surface area contributed by atoms with Gasteiger partial charge in [0.1, 0.15) is 6.54 Å². The molecule has 0 saturated heterocycles. The van der Waals surface area contributed by atoms with Crippen molar-refractivity contribution >= 4 is 34.8 Å². The van der Waals surface area contributed by atoms with Crippen LogP contribution >= 0.6 is 11.6 Å². The monoisotopic (exact) mass is 372 g/mol. The number of nitrogens with zero attached hydrogens (tertiary/aromatic N) is 1. The molecule has 2 aromatic rings. The second kappa shape index (κ2) is 8.86. The fourth-order valence-corrected chi connectivity index (χ4v) is 3.16. The van der Waals surface area contributed by atoms with Crippen LogP contribution in [0.3, 0.4) is 0 Å². The van der Waals surface area contributed by atoms with Gasteiger partial charge in [-0.3, -0.25) is 9.59 Å². The van der Waals surface area contributed by atoms with E-state index in [9.17, 15) is 9.59 Å². The molecule has 0 aliphatic carbocycles. The quantitative estimate of drug-likeness (QED) is 0.794. The van der Waals surface area contributed by atoms with Crippen LogP contribution in [0.2, 0.25) is 5.02 Å². The molecule has 5 heteroatoms. The van der Waals surface area contributed by atoms with Gasteiger partial charge >= 0.3 is 0 Å². The Hall–Kier alpha value is -2.33. The minimum Gasteiger partial charge on any atom is -0.324 e. The number of carbonyl (C=O) groups is 2. The smallest absolute Gasteiger partial charge is 0.244 e. The Morgan fingerprint density at radius 2 is 1.62 bits per heavy atom. The number of hydrogen-bond acceptors (Lipinski definition) is 2. The Labute approximate surface area is 160 Å². The average Bonchev–Trinajstić information content (AvgIpc) is 2.62. The first kappa shape index (κ1) is 20.0. The summed E-state index contributed by atoms with van der Waals surface area (Å²) in [6.07, 6.45) is 1.59. The fourth-order valence-electron chi connectivity index (χ4n) is 2.99. The fraction of sp³-hybridized carbons (Fsp3) is 0.333. The van der Waals surface area contributed by atoms with Crippen molar-refractivity contribution in [3.05, 3.63) is 58.1 Å². The zero-order valence-corrected chi connectivity index (χ0v) is 16.5. The van der Waals surface area contributed by atoms with E-state index in [4.69, 9.17) is 11.6 Å². The summed E-state index contributed by atoms with van der Waals surface area (Å²) in [5.74, 6) is -0.405. The summed E-state index contributed by atoms with van der Waals surface area (Å²) in [5.41, 5.74) is 4.44. The molecule has 0 unspecified atom stereocenters. The third-order valence-electron chi connectivity index (χ3n) is 4.46. The Bertz CT molecular complexity index is 795. The van der Waals surface area contributed by atoms with Crippen LogP contribution in [0.4, 0.5) is 11.4 Å². The van der Waals surface area contributed by atoms with Crippen molar-refractivity contribution < 1.29 is 9.59 Å². The predicted molar refractivity (Wildman–Crippen MR) is 108 cm³/mol. The molecule has 4 nitrogen and oxygen atoms in total. The van der Waals surface area contributed by atoms with E-state index in [1.165, 1.54) is 6.92 Å². The normalized spacial score (nSPS) is 10.5. The lowest BCUT2D eigenvalue weighted by molar-refractivity contribution is -0.120. The molecule has 2 rings (SSSR count). The van der Waals surface area contributed by atoms with Gasteiger partial charge in [0.25, 0.3) is 0 Å². The maximum atomic E-state index is 12.6. The van der Waals surface area contributed by atoms with E-state index in [2.05, 4.69) is 5.32 Å².